The van der Waals surface area contributed by atoms with Crippen LogP contribution in [0.2, 0.25) is 0 Å². The largest absolute Gasteiger partial charge is 0.380 e. The molecule has 0 saturated carbocycles. The van der Waals surface area contributed by atoms with Crippen LogP contribution in [0, 0.1) is 5.82 Å². The van der Waals surface area contributed by atoms with Gasteiger partial charge in [-0.3, -0.25) is 4.79 Å². The molecule has 0 bridgehead atoms. The molecular weight excluding hydrogens is 269 g/mol. The lowest BCUT2D eigenvalue weighted by Crippen LogP contribution is -2.08. The summed E-state index contributed by atoms with van der Waals surface area (Å²) in [5.74, 6) is -0.598. The standard InChI is InChI=1S/C17H16FNO2/c1-21-12-14-5-3-7-16(11-14)19-17(20)9-8-13-4-2-6-15(18)10-13/h2-11H,12H2,1H3,(H,19,20)/b9-8+. The summed E-state index contributed by atoms with van der Waals surface area (Å²) in [6, 6.07) is 13.5. The summed E-state index contributed by atoms with van der Waals surface area (Å²) in [5, 5.41) is 2.75. The highest BCUT2D eigenvalue weighted by atomic mass is 19.1. The molecule has 0 fully saturated rings. The van der Waals surface area contributed by atoms with Crippen LogP contribution in [0.5, 0.6) is 0 Å². The fraction of sp³-hybridized carbons (Fsp3) is 0.118. The third-order valence-electron chi connectivity index (χ3n) is 2.78. The molecule has 0 aliphatic rings. The molecule has 2 aromatic rings. The number of carbonyl (C=O) groups is 1. The average Bonchev–Trinajstić information content (AvgIpc) is 2.46. The molecule has 0 aromatic heterocycles. The molecule has 0 radical (unpaired) electrons. The van der Waals surface area contributed by atoms with Crippen molar-refractivity contribution in [1.82, 2.24) is 0 Å². The predicted octanol–water partition coefficient (Wildman–Crippen LogP) is 3.62. The zero-order chi connectivity index (χ0) is 15.1. The Kier molecular flexibility index (Phi) is 5.23. The summed E-state index contributed by atoms with van der Waals surface area (Å²) in [6.07, 6.45) is 2.94. The topological polar surface area (TPSA) is 38.3 Å². The van der Waals surface area contributed by atoms with Crippen LogP contribution < -0.4 is 5.32 Å². The summed E-state index contributed by atoms with van der Waals surface area (Å²) in [7, 11) is 1.62. The van der Waals surface area contributed by atoms with Crippen LogP contribution in [-0.2, 0) is 16.1 Å². The van der Waals surface area contributed by atoms with Gasteiger partial charge in [0.25, 0.3) is 0 Å². The monoisotopic (exact) mass is 285 g/mol. The Morgan fingerprint density at radius 2 is 2.05 bits per heavy atom. The van der Waals surface area contributed by atoms with Crippen molar-refractivity contribution in [2.45, 2.75) is 6.61 Å². The maximum atomic E-state index is 13.0. The van der Waals surface area contributed by atoms with Crippen LogP contribution in [0.1, 0.15) is 11.1 Å². The van der Waals surface area contributed by atoms with Gasteiger partial charge in [0.15, 0.2) is 0 Å². The maximum absolute atomic E-state index is 13.0. The lowest BCUT2D eigenvalue weighted by Gasteiger charge is -2.05. The molecule has 0 unspecified atom stereocenters. The van der Waals surface area contributed by atoms with E-state index in [0.29, 0.717) is 17.9 Å². The first-order chi connectivity index (χ1) is 10.2. The Morgan fingerprint density at radius 3 is 2.81 bits per heavy atom. The van der Waals surface area contributed by atoms with Gasteiger partial charge in [-0.15, -0.1) is 0 Å². The van der Waals surface area contributed by atoms with Crippen molar-refractivity contribution < 1.29 is 13.9 Å². The molecule has 0 heterocycles. The highest BCUT2D eigenvalue weighted by Gasteiger charge is 2.00. The molecule has 21 heavy (non-hydrogen) atoms. The van der Waals surface area contributed by atoms with Gasteiger partial charge in [0.1, 0.15) is 5.82 Å². The molecule has 3 nitrogen and oxygen atoms in total. The minimum Gasteiger partial charge on any atom is -0.380 e. The van der Waals surface area contributed by atoms with Gasteiger partial charge in [-0.25, -0.2) is 4.39 Å². The quantitative estimate of drug-likeness (QED) is 0.852. The van der Waals surface area contributed by atoms with Crippen LogP contribution in [-0.4, -0.2) is 13.0 Å². The van der Waals surface area contributed by atoms with Gasteiger partial charge in [0, 0.05) is 18.9 Å². The highest BCUT2D eigenvalue weighted by molar-refractivity contribution is 6.01. The second kappa shape index (κ2) is 7.36. The third-order valence-corrected chi connectivity index (χ3v) is 2.78. The predicted molar refractivity (Wildman–Crippen MR) is 81.2 cm³/mol. The second-order valence-corrected chi connectivity index (χ2v) is 4.51. The van der Waals surface area contributed by atoms with E-state index in [4.69, 9.17) is 4.74 Å². The SMILES string of the molecule is COCc1cccc(NC(=O)/C=C/c2cccc(F)c2)c1. The van der Waals surface area contributed by atoms with Crippen molar-refractivity contribution in [2.75, 3.05) is 12.4 Å². The lowest BCUT2D eigenvalue weighted by atomic mass is 10.2. The number of amides is 1. The number of hydrogen-bond acceptors (Lipinski definition) is 2. The van der Waals surface area contributed by atoms with Crippen LogP contribution in [0.3, 0.4) is 0 Å². The molecular formula is C17H16FNO2. The first kappa shape index (κ1) is 14.9. The number of carbonyl (C=O) groups excluding carboxylic acids is 1. The summed E-state index contributed by atoms with van der Waals surface area (Å²) in [6.45, 7) is 0.489. The van der Waals surface area contributed by atoms with E-state index in [1.807, 2.05) is 18.2 Å². The van der Waals surface area contributed by atoms with Gasteiger partial charge < -0.3 is 10.1 Å². The summed E-state index contributed by atoms with van der Waals surface area (Å²) in [4.78, 5) is 11.8. The molecule has 108 valence electrons. The fourth-order valence-corrected chi connectivity index (χ4v) is 1.87. The zero-order valence-corrected chi connectivity index (χ0v) is 11.7. The number of ether oxygens (including phenoxy) is 1. The Hall–Kier alpha value is -2.46. The van der Waals surface area contributed by atoms with Crippen molar-refractivity contribution in [3.63, 3.8) is 0 Å². The van der Waals surface area contributed by atoms with Gasteiger partial charge in [0.2, 0.25) is 5.91 Å². The number of halogens is 1. The van der Waals surface area contributed by atoms with E-state index in [-0.39, 0.29) is 11.7 Å². The third kappa shape index (κ3) is 4.85. The lowest BCUT2D eigenvalue weighted by molar-refractivity contribution is -0.111. The summed E-state index contributed by atoms with van der Waals surface area (Å²) >= 11 is 0. The van der Waals surface area contributed by atoms with Crippen LogP contribution in [0.25, 0.3) is 6.08 Å². The van der Waals surface area contributed by atoms with Gasteiger partial charge in [-0.05, 0) is 41.5 Å². The zero-order valence-electron chi connectivity index (χ0n) is 11.7. The van der Waals surface area contributed by atoms with E-state index in [9.17, 15) is 9.18 Å². The number of anilines is 1. The van der Waals surface area contributed by atoms with Crippen molar-refractivity contribution in [2.24, 2.45) is 0 Å². The average molecular weight is 285 g/mol. The summed E-state index contributed by atoms with van der Waals surface area (Å²) in [5.41, 5.74) is 2.31. The number of nitrogens with one attached hydrogen (secondary N) is 1. The van der Waals surface area contributed by atoms with Crippen molar-refractivity contribution >= 4 is 17.7 Å². The molecule has 2 rings (SSSR count). The molecule has 1 N–H and O–H groups in total. The molecule has 2 aromatic carbocycles. The van der Waals surface area contributed by atoms with E-state index in [1.54, 1.807) is 31.4 Å². The van der Waals surface area contributed by atoms with Crippen molar-refractivity contribution in [1.29, 1.82) is 0 Å². The van der Waals surface area contributed by atoms with E-state index < -0.39 is 0 Å². The first-order valence-corrected chi connectivity index (χ1v) is 6.50. The minimum absolute atomic E-state index is 0.270. The van der Waals surface area contributed by atoms with Crippen LogP contribution >= 0.6 is 0 Å². The highest BCUT2D eigenvalue weighted by Crippen LogP contribution is 2.12. The van der Waals surface area contributed by atoms with Crippen LogP contribution in [0.15, 0.2) is 54.6 Å². The Morgan fingerprint density at radius 1 is 1.24 bits per heavy atom. The normalized spacial score (nSPS) is 10.8. The maximum Gasteiger partial charge on any atom is 0.248 e. The smallest absolute Gasteiger partial charge is 0.248 e. The Bertz CT molecular complexity index is 653. The summed E-state index contributed by atoms with van der Waals surface area (Å²) < 4.78 is 18.1. The van der Waals surface area contributed by atoms with Gasteiger partial charge in [0.05, 0.1) is 6.61 Å². The molecule has 0 aliphatic heterocycles. The van der Waals surface area contributed by atoms with E-state index in [0.717, 1.165) is 5.56 Å². The number of rotatable bonds is 5. The van der Waals surface area contributed by atoms with Crippen molar-refractivity contribution in [3.05, 3.63) is 71.6 Å². The van der Waals surface area contributed by atoms with Gasteiger partial charge in [-0.2, -0.15) is 0 Å². The Labute approximate surface area is 123 Å². The number of methoxy groups -OCH3 is 1. The molecule has 1 amide bonds. The first-order valence-electron chi connectivity index (χ1n) is 6.50. The molecule has 0 saturated heterocycles. The second-order valence-electron chi connectivity index (χ2n) is 4.51. The molecule has 4 heteroatoms. The number of benzene rings is 2. The van der Waals surface area contributed by atoms with E-state index in [2.05, 4.69) is 5.32 Å². The fourth-order valence-electron chi connectivity index (χ4n) is 1.87. The van der Waals surface area contributed by atoms with Gasteiger partial charge >= 0.3 is 0 Å². The van der Waals surface area contributed by atoms with E-state index in [1.165, 1.54) is 18.2 Å². The molecule has 0 spiro atoms. The van der Waals surface area contributed by atoms with E-state index >= 15 is 0 Å². The van der Waals surface area contributed by atoms with Gasteiger partial charge in [-0.1, -0.05) is 24.3 Å². The number of hydrogen-bond donors (Lipinski definition) is 1. The van der Waals surface area contributed by atoms with Crippen molar-refractivity contribution in [3.8, 4) is 0 Å². The molecule has 0 aliphatic carbocycles. The minimum atomic E-state index is -0.329. The van der Waals surface area contributed by atoms with Crippen LogP contribution in [0.4, 0.5) is 10.1 Å². The molecule has 0 atom stereocenters. The Balaban J connectivity index is 1.99.